The summed E-state index contributed by atoms with van der Waals surface area (Å²) in [5, 5.41) is 3.08. The molecule has 1 saturated carbocycles. The molecule has 0 heterocycles. The van der Waals surface area contributed by atoms with E-state index in [-0.39, 0.29) is 11.9 Å². The predicted octanol–water partition coefficient (Wildman–Crippen LogP) is 0.434. The molecule has 1 aromatic carbocycles. The lowest BCUT2D eigenvalue weighted by molar-refractivity contribution is -0.908. The lowest BCUT2D eigenvalue weighted by atomic mass is 10.1. The SMILES string of the molecule is C[C@@H](C(=O)NC1CC1)[NH+](C)Cc1ccc(N(C)C)cc1. The fraction of sp³-hybridized carbons (Fsp3) is 0.562. The number of hydrogen-bond donors (Lipinski definition) is 2. The molecule has 0 radical (unpaired) electrons. The summed E-state index contributed by atoms with van der Waals surface area (Å²) >= 11 is 0. The molecule has 0 aliphatic heterocycles. The van der Waals surface area contributed by atoms with Crippen LogP contribution in [0.5, 0.6) is 0 Å². The lowest BCUT2D eigenvalue weighted by Gasteiger charge is -2.21. The number of carbonyl (C=O) groups is 1. The van der Waals surface area contributed by atoms with Gasteiger partial charge in [0, 0.05) is 31.4 Å². The van der Waals surface area contributed by atoms with Crippen LogP contribution in [0.2, 0.25) is 0 Å². The highest BCUT2D eigenvalue weighted by Gasteiger charge is 2.29. The molecule has 1 fully saturated rings. The van der Waals surface area contributed by atoms with Crippen molar-refractivity contribution in [2.24, 2.45) is 0 Å². The van der Waals surface area contributed by atoms with Crippen molar-refractivity contribution in [3.8, 4) is 0 Å². The maximum Gasteiger partial charge on any atom is 0.278 e. The molecule has 1 aliphatic rings. The number of anilines is 1. The van der Waals surface area contributed by atoms with E-state index in [4.69, 9.17) is 0 Å². The Bertz CT molecular complexity index is 451. The number of carbonyl (C=O) groups excluding carboxylic acids is 1. The van der Waals surface area contributed by atoms with Gasteiger partial charge in [0.2, 0.25) is 0 Å². The predicted molar refractivity (Wildman–Crippen MR) is 82.0 cm³/mol. The minimum absolute atomic E-state index is 0.0101. The number of quaternary nitrogens is 1. The fourth-order valence-corrected chi connectivity index (χ4v) is 2.16. The van der Waals surface area contributed by atoms with E-state index in [1.54, 1.807) is 0 Å². The van der Waals surface area contributed by atoms with Crippen molar-refractivity contribution in [1.82, 2.24) is 5.32 Å². The zero-order valence-electron chi connectivity index (χ0n) is 12.9. The zero-order valence-corrected chi connectivity index (χ0v) is 12.9. The molecule has 2 N–H and O–H groups in total. The lowest BCUT2D eigenvalue weighted by Crippen LogP contribution is -3.12. The quantitative estimate of drug-likeness (QED) is 0.791. The Morgan fingerprint density at radius 3 is 2.45 bits per heavy atom. The molecule has 1 unspecified atom stereocenters. The zero-order chi connectivity index (χ0) is 14.7. The molecular formula is C16H26N3O+. The van der Waals surface area contributed by atoms with Gasteiger partial charge in [-0.15, -0.1) is 0 Å². The van der Waals surface area contributed by atoms with Crippen molar-refractivity contribution in [3.05, 3.63) is 29.8 Å². The van der Waals surface area contributed by atoms with Crippen LogP contribution in [0.3, 0.4) is 0 Å². The van der Waals surface area contributed by atoms with Crippen LogP contribution in [-0.4, -0.2) is 39.1 Å². The minimum Gasteiger partial charge on any atom is -0.378 e. The molecule has 1 aromatic rings. The smallest absolute Gasteiger partial charge is 0.278 e. The van der Waals surface area contributed by atoms with Gasteiger partial charge < -0.3 is 15.1 Å². The van der Waals surface area contributed by atoms with Crippen molar-refractivity contribution in [2.45, 2.75) is 38.4 Å². The second-order valence-electron chi connectivity index (χ2n) is 6.09. The van der Waals surface area contributed by atoms with Crippen LogP contribution >= 0.6 is 0 Å². The molecule has 4 heteroatoms. The third-order valence-electron chi connectivity index (χ3n) is 3.99. The summed E-state index contributed by atoms with van der Waals surface area (Å²) in [6, 6.07) is 8.96. The van der Waals surface area contributed by atoms with Crippen LogP contribution in [0.4, 0.5) is 5.69 Å². The molecule has 1 aliphatic carbocycles. The van der Waals surface area contributed by atoms with Crippen molar-refractivity contribution >= 4 is 11.6 Å². The van der Waals surface area contributed by atoms with Gasteiger partial charge in [-0.3, -0.25) is 4.79 Å². The highest BCUT2D eigenvalue weighted by atomic mass is 16.2. The van der Waals surface area contributed by atoms with Gasteiger partial charge in [0.15, 0.2) is 6.04 Å². The van der Waals surface area contributed by atoms with Crippen molar-refractivity contribution in [2.75, 3.05) is 26.0 Å². The van der Waals surface area contributed by atoms with Gasteiger partial charge in [-0.1, -0.05) is 12.1 Å². The van der Waals surface area contributed by atoms with E-state index in [0.29, 0.717) is 6.04 Å². The first kappa shape index (κ1) is 14.9. The molecular weight excluding hydrogens is 250 g/mol. The van der Waals surface area contributed by atoms with Crippen LogP contribution in [-0.2, 0) is 11.3 Å². The fourth-order valence-electron chi connectivity index (χ4n) is 2.16. The van der Waals surface area contributed by atoms with E-state index in [2.05, 4.69) is 41.5 Å². The summed E-state index contributed by atoms with van der Waals surface area (Å²) in [5.41, 5.74) is 2.46. The largest absolute Gasteiger partial charge is 0.378 e. The van der Waals surface area contributed by atoms with Gasteiger partial charge >= 0.3 is 0 Å². The van der Waals surface area contributed by atoms with E-state index in [1.165, 1.54) is 16.2 Å². The van der Waals surface area contributed by atoms with Crippen LogP contribution < -0.4 is 15.1 Å². The van der Waals surface area contributed by atoms with Crippen LogP contribution in [0.1, 0.15) is 25.3 Å². The molecule has 0 spiro atoms. The highest BCUT2D eigenvalue weighted by molar-refractivity contribution is 5.80. The monoisotopic (exact) mass is 276 g/mol. The van der Waals surface area contributed by atoms with Gasteiger partial charge in [-0.25, -0.2) is 0 Å². The van der Waals surface area contributed by atoms with E-state index < -0.39 is 0 Å². The average molecular weight is 276 g/mol. The summed E-state index contributed by atoms with van der Waals surface area (Å²) in [4.78, 5) is 15.3. The Hall–Kier alpha value is -1.55. The normalized spacial score (nSPS) is 17.4. The first-order valence-corrected chi connectivity index (χ1v) is 7.36. The van der Waals surface area contributed by atoms with E-state index in [0.717, 1.165) is 19.4 Å². The van der Waals surface area contributed by atoms with Gasteiger partial charge in [0.05, 0.1) is 7.05 Å². The van der Waals surface area contributed by atoms with E-state index in [1.807, 2.05) is 21.0 Å². The van der Waals surface area contributed by atoms with Gasteiger partial charge in [0.25, 0.3) is 5.91 Å². The molecule has 110 valence electrons. The molecule has 2 atom stereocenters. The van der Waals surface area contributed by atoms with Crippen LogP contribution in [0.25, 0.3) is 0 Å². The summed E-state index contributed by atoms with van der Waals surface area (Å²) in [5.74, 6) is 0.176. The van der Waals surface area contributed by atoms with Gasteiger partial charge in [-0.2, -0.15) is 0 Å². The van der Waals surface area contributed by atoms with Crippen LogP contribution in [0.15, 0.2) is 24.3 Å². The standard InChI is InChI=1S/C16H25N3O/c1-12(16(20)17-14-7-8-14)19(4)11-13-5-9-15(10-6-13)18(2)3/h5-6,9-10,12,14H,7-8,11H2,1-4H3,(H,17,20)/p+1/t12-/m0/s1. The molecule has 0 saturated heterocycles. The Balaban J connectivity index is 1.88. The number of likely N-dealkylation sites (N-methyl/N-ethyl adjacent to an activating group) is 1. The molecule has 2 rings (SSSR count). The number of amides is 1. The maximum absolute atomic E-state index is 12.0. The van der Waals surface area contributed by atoms with Crippen LogP contribution in [0, 0.1) is 0 Å². The summed E-state index contributed by atoms with van der Waals surface area (Å²) in [6.45, 7) is 2.87. The summed E-state index contributed by atoms with van der Waals surface area (Å²) in [6.07, 6.45) is 2.28. The first-order valence-electron chi connectivity index (χ1n) is 7.36. The Kier molecular flexibility index (Phi) is 4.65. The van der Waals surface area contributed by atoms with Gasteiger partial charge in [0.1, 0.15) is 6.54 Å². The van der Waals surface area contributed by atoms with Crippen molar-refractivity contribution in [3.63, 3.8) is 0 Å². The number of nitrogens with one attached hydrogen (secondary N) is 2. The number of hydrogen-bond acceptors (Lipinski definition) is 2. The minimum atomic E-state index is -0.0101. The second-order valence-corrected chi connectivity index (χ2v) is 6.09. The summed E-state index contributed by atoms with van der Waals surface area (Å²) in [7, 11) is 6.16. The van der Waals surface area contributed by atoms with E-state index >= 15 is 0 Å². The van der Waals surface area contributed by atoms with Gasteiger partial charge in [-0.05, 0) is 31.9 Å². The third kappa shape index (κ3) is 3.97. The number of benzene rings is 1. The maximum atomic E-state index is 12.0. The Labute approximate surface area is 121 Å². The number of nitrogens with zero attached hydrogens (tertiary/aromatic N) is 1. The second kappa shape index (κ2) is 6.27. The van der Waals surface area contributed by atoms with E-state index in [9.17, 15) is 4.79 Å². The Morgan fingerprint density at radius 1 is 1.35 bits per heavy atom. The highest BCUT2D eigenvalue weighted by Crippen LogP contribution is 2.18. The average Bonchev–Trinajstić information content (AvgIpc) is 3.22. The number of rotatable bonds is 6. The third-order valence-corrected chi connectivity index (χ3v) is 3.99. The summed E-state index contributed by atoms with van der Waals surface area (Å²) < 4.78 is 0. The first-order chi connectivity index (χ1) is 9.47. The Morgan fingerprint density at radius 2 is 1.95 bits per heavy atom. The molecule has 1 amide bonds. The molecule has 4 nitrogen and oxygen atoms in total. The van der Waals surface area contributed by atoms with Crippen molar-refractivity contribution < 1.29 is 9.69 Å². The topological polar surface area (TPSA) is 36.8 Å². The molecule has 0 bridgehead atoms. The molecule has 0 aromatic heterocycles. The van der Waals surface area contributed by atoms with Crippen molar-refractivity contribution in [1.29, 1.82) is 0 Å². The molecule has 20 heavy (non-hydrogen) atoms.